The lowest BCUT2D eigenvalue weighted by Gasteiger charge is -2.34. The van der Waals surface area contributed by atoms with Gasteiger partial charge in [-0.15, -0.1) is 0 Å². The summed E-state index contributed by atoms with van der Waals surface area (Å²) >= 11 is 12.2. The molecule has 0 spiro atoms. The van der Waals surface area contributed by atoms with Crippen LogP contribution >= 0.6 is 23.2 Å². The predicted molar refractivity (Wildman–Crippen MR) is 148 cm³/mol. The van der Waals surface area contributed by atoms with E-state index in [0.717, 1.165) is 37.3 Å². The largest absolute Gasteiger partial charge is 0.477 e. The summed E-state index contributed by atoms with van der Waals surface area (Å²) in [4.78, 5) is 26.8. The van der Waals surface area contributed by atoms with Gasteiger partial charge >= 0.3 is 0 Å². The Balaban J connectivity index is 1.28. The third-order valence-electron chi connectivity index (χ3n) is 7.69. The summed E-state index contributed by atoms with van der Waals surface area (Å²) in [5.74, 6) is 1.90. The van der Waals surface area contributed by atoms with Crippen LogP contribution in [0.2, 0.25) is 10.0 Å². The lowest BCUT2D eigenvalue weighted by molar-refractivity contribution is -0.135. The highest BCUT2D eigenvalue weighted by Crippen LogP contribution is 2.44. The van der Waals surface area contributed by atoms with E-state index < -0.39 is 0 Å². The van der Waals surface area contributed by atoms with Crippen molar-refractivity contribution in [3.8, 4) is 5.88 Å². The predicted octanol–water partition coefficient (Wildman–Crippen LogP) is 6.02. The summed E-state index contributed by atoms with van der Waals surface area (Å²) in [6.07, 6.45) is 5.10. The van der Waals surface area contributed by atoms with Gasteiger partial charge in [-0.3, -0.25) is 4.79 Å². The van der Waals surface area contributed by atoms with Gasteiger partial charge in [0.1, 0.15) is 5.82 Å². The van der Waals surface area contributed by atoms with Crippen LogP contribution in [0.15, 0.2) is 60.9 Å². The van der Waals surface area contributed by atoms with Crippen molar-refractivity contribution >= 4 is 34.9 Å². The standard InChI is InChI=1S/C29H32Cl2N4O2/c1-20-3-10-27(33-15-20)37-19-29(2)18-35(17-25(29)21-4-6-23(30)7-5-21)28(36)22-11-13-34(14-12-22)26-9-8-24(31)16-32-26/h3-10,15-16,22,25H,11-14,17-19H2,1-2H3/t25-,29?/m1/s1. The molecule has 6 nitrogen and oxygen atoms in total. The van der Waals surface area contributed by atoms with Crippen molar-refractivity contribution in [2.24, 2.45) is 11.3 Å². The molecule has 0 bridgehead atoms. The molecule has 1 unspecified atom stereocenters. The number of carbonyl (C=O) groups excluding carboxylic acids is 1. The number of pyridine rings is 2. The van der Waals surface area contributed by atoms with Crippen molar-refractivity contribution in [1.29, 1.82) is 0 Å². The number of benzene rings is 1. The fourth-order valence-corrected chi connectivity index (χ4v) is 5.75. The third kappa shape index (κ3) is 5.86. The second-order valence-corrected chi connectivity index (χ2v) is 11.4. The normalized spacial score (nSPS) is 22.3. The first-order valence-electron chi connectivity index (χ1n) is 12.8. The van der Waals surface area contributed by atoms with E-state index in [2.05, 4.69) is 33.9 Å². The Morgan fingerprint density at radius 3 is 2.38 bits per heavy atom. The molecule has 0 saturated carbocycles. The van der Waals surface area contributed by atoms with Gasteiger partial charge in [-0.2, -0.15) is 0 Å². The average Bonchev–Trinajstić information content (AvgIpc) is 3.26. The van der Waals surface area contributed by atoms with Crippen molar-refractivity contribution in [3.05, 3.63) is 82.1 Å². The molecular formula is C29H32Cl2N4O2. The lowest BCUT2D eigenvalue weighted by Crippen LogP contribution is -2.43. The topological polar surface area (TPSA) is 58.6 Å². The Hall–Kier alpha value is -2.83. The van der Waals surface area contributed by atoms with Gasteiger partial charge in [0.15, 0.2) is 0 Å². The van der Waals surface area contributed by atoms with E-state index in [1.165, 1.54) is 5.56 Å². The van der Waals surface area contributed by atoms with Crippen LogP contribution < -0.4 is 9.64 Å². The molecule has 0 radical (unpaired) electrons. The van der Waals surface area contributed by atoms with Gasteiger partial charge in [-0.25, -0.2) is 9.97 Å². The van der Waals surface area contributed by atoms with Crippen molar-refractivity contribution in [3.63, 3.8) is 0 Å². The van der Waals surface area contributed by atoms with Crippen molar-refractivity contribution < 1.29 is 9.53 Å². The van der Waals surface area contributed by atoms with Crippen LogP contribution in [-0.2, 0) is 4.79 Å². The zero-order chi connectivity index (χ0) is 26.0. The van der Waals surface area contributed by atoms with Gasteiger partial charge in [-0.1, -0.05) is 48.3 Å². The van der Waals surface area contributed by atoms with E-state index in [1.807, 2.05) is 54.4 Å². The number of amides is 1. The number of piperidine rings is 1. The summed E-state index contributed by atoms with van der Waals surface area (Å²) in [6, 6.07) is 15.7. The first-order valence-corrected chi connectivity index (χ1v) is 13.5. The smallest absolute Gasteiger partial charge is 0.225 e. The number of hydrogen-bond donors (Lipinski definition) is 0. The molecule has 2 aliphatic rings. The fraction of sp³-hybridized carbons (Fsp3) is 0.414. The maximum absolute atomic E-state index is 13.7. The van der Waals surface area contributed by atoms with Crippen LogP contribution in [-0.4, -0.2) is 53.6 Å². The number of nitrogens with zero attached hydrogens (tertiary/aromatic N) is 4. The van der Waals surface area contributed by atoms with Crippen molar-refractivity contribution in [1.82, 2.24) is 14.9 Å². The maximum Gasteiger partial charge on any atom is 0.225 e. The number of rotatable bonds is 6. The van der Waals surface area contributed by atoms with Crippen LogP contribution in [0.1, 0.15) is 36.8 Å². The van der Waals surface area contributed by atoms with Crippen molar-refractivity contribution in [2.75, 3.05) is 37.7 Å². The number of likely N-dealkylation sites (tertiary alicyclic amines) is 1. The number of aryl methyl sites for hydroxylation is 1. The van der Waals surface area contributed by atoms with Gasteiger partial charge in [0.2, 0.25) is 11.8 Å². The Morgan fingerprint density at radius 2 is 1.73 bits per heavy atom. The van der Waals surface area contributed by atoms with Crippen LogP contribution in [0, 0.1) is 18.3 Å². The SMILES string of the molecule is Cc1ccc(OCC2(C)CN(C(=O)C3CCN(c4ccc(Cl)cn4)CC3)C[C@@H]2c2ccc(Cl)cc2)nc1. The van der Waals surface area contributed by atoms with Crippen LogP contribution in [0.25, 0.3) is 0 Å². The van der Waals surface area contributed by atoms with Gasteiger partial charge in [0, 0.05) is 66.9 Å². The average molecular weight is 540 g/mol. The summed E-state index contributed by atoms with van der Waals surface area (Å²) in [6.45, 7) is 7.61. The molecule has 0 N–H and O–H groups in total. The molecule has 194 valence electrons. The highest BCUT2D eigenvalue weighted by Gasteiger charge is 2.47. The molecule has 1 aromatic carbocycles. The number of anilines is 1. The molecule has 1 amide bonds. The Labute approximate surface area is 228 Å². The van der Waals surface area contributed by atoms with Gasteiger partial charge in [-0.05, 0) is 55.2 Å². The summed E-state index contributed by atoms with van der Waals surface area (Å²) in [5, 5.41) is 1.33. The van der Waals surface area contributed by atoms with Crippen LogP contribution in [0.3, 0.4) is 0 Å². The minimum absolute atomic E-state index is 0.0106. The fourth-order valence-electron chi connectivity index (χ4n) is 5.52. The Bertz CT molecular complexity index is 1210. The molecular weight excluding hydrogens is 507 g/mol. The highest BCUT2D eigenvalue weighted by molar-refractivity contribution is 6.30. The molecule has 0 aliphatic carbocycles. The third-order valence-corrected chi connectivity index (χ3v) is 8.17. The monoisotopic (exact) mass is 538 g/mol. The summed E-state index contributed by atoms with van der Waals surface area (Å²) < 4.78 is 6.17. The summed E-state index contributed by atoms with van der Waals surface area (Å²) in [7, 11) is 0. The van der Waals surface area contributed by atoms with E-state index in [-0.39, 0.29) is 23.2 Å². The van der Waals surface area contributed by atoms with Crippen LogP contribution in [0.4, 0.5) is 5.82 Å². The minimum atomic E-state index is -0.260. The molecule has 2 fully saturated rings. The van der Waals surface area contributed by atoms with E-state index >= 15 is 0 Å². The van der Waals surface area contributed by atoms with E-state index in [0.29, 0.717) is 35.6 Å². The molecule has 2 saturated heterocycles. The first-order chi connectivity index (χ1) is 17.8. The molecule has 8 heteroatoms. The number of aromatic nitrogens is 2. The second-order valence-electron chi connectivity index (χ2n) is 10.5. The van der Waals surface area contributed by atoms with Crippen LogP contribution in [0.5, 0.6) is 5.88 Å². The second kappa shape index (κ2) is 10.9. The highest BCUT2D eigenvalue weighted by atomic mass is 35.5. The molecule has 5 rings (SSSR count). The molecule has 2 atom stereocenters. The number of hydrogen-bond acceptors (Lipinski definition) is 5. The zero-order valence-electron chi connectivity index (χ0n) is 21.2. The summed E-state index contributed by atoms with van der Waals surface area (Å²) in [5.41, 5.74) is 2.00. The van der Waals surface area contributed by atoms with Crippen molar-refractivity contribution in [2.45, 2.75) is 32.6 Å². The molecule has 3 aromatic rings. The van der Waals surface area contributed by atoms with E-state index in [1.54, 1.807) is 6.20 Å². The van der Waals surface area contributed by atoms with Gasteiger partial charge < -0.3 is 14.5 Å². The zero-order valence-corrected chi connectivity index (χ0v) is 22.8. The Kier molecular flexibility index (Phi) is 7.59. The molecule has 4 heterocycles. The van der Waals surface area contributed by atoms with Gasteiger partial charge in [0.05, 0.1) is 11.6 Å². The molecule has 2 aromatic heterocycles. The molecule has 2 aliphatic heterocycles. The maximum atomic E-state index is 13.7. The van der Waals surface area contributed by atoms with Gasteiger partial charge in [0.25, 0.3) is 0 Å². The molecule has 37 heavy (non-hydrogen) atoms. The van der Waals surface area contributed by atoms with E-state index in [9.17, 15) is 4.79 Å². The quantitative estimate of drug-likeness (QED) is 0.384. The Morgan fingerprint density at radius 1 is 1.00 bits per heavy atom. The first kappa shape index (κ1) is 25.8. The number of halogens is 2. The minimum Gasteiger partial charge on any atom is -0.477 e. The number of carbonyl (C=O) groups is 1. The lowest BCUT2D eigenvalue weighted by atomic mass is 9.77. The van der Waals surface area contributed by atoms with E-state index in [4.69, 9.17) is 27.9 Å². The number of ether oxygens (including phenoxy) is 1.